The van der Waals surface area contributed by atoms with E-state index in [9.17, 15) is 0 Å². The normalized spacial score (nSPS) is 14.8. The summed E-state index contributed by atoms with van der Waals surface area (Å²) in [5, 5.41) is 0. The summed E-state index contributed by atoms with van der Waals surface area (Å²) >= 11 is 0. The summed E-state index contributed by atoms with van der Waals surface area (Å²) in [7, 11) is -2.77. The predicted molar refractivity (Wildman–Crippen MR) is 74.6 cm³/mol. The SMILES string of the molecule is CCC[Si](OCC)(OCC)OC(N)C(N)(N)CC. The summed E-state index contributed by atoms with van der Waals surface area (Å²) in [6.07, 6.45) is 0.620. The van der Waals surface area contributed by atoms with Gasteiger partial charge in [-0.05, 0) is 20.3 Å². The molecule has 0 aliphatic carbocycles. The van der Waals surface area contributed by atoms with E-state index < -0.39 is 20.7 Å². The maximum Gasteiger partial charge on any atom is 0.502 e. The van der Waals surface area contributed by atoms with Gasteiger partial charge < -0.3 is 30.5 Å². The van der Waals surface area contributed by atoms with Crippen LogP contribution in [0.15, 0.2) is 0 Å². The maximum atomic E-state index is 5.94. The van der Waals surface area contributed by atoms with Gasteiger partial charge in [-0.1, -0.05) is 20.3 Å². The van der Waals surface area contributed by atoms with Gasteiger partial charge in [-0.15, -0.1) is 0 Å². The van der Waals surface area contributed by atoms with Crippen LogP contribution in [-0.4, -0.2) is 33.9 Å². The van der Waals surface area contributed by atoms with Gasteiger partial charge in [-0.25, -0.2) is 0 Å². The average Bonchev–Trinajstić information content (AvgIpc) is 2.30. The molecule has 0 rings (SSSR count). The molecule has 0 amide bonds. The van der Waals surface area contributed by atoms with Crippen LogP contribution in [0.1, 0.15) is 40.5 Å². The molecule has 0 aliphatic rings. The van der Waals surface area contributed by atoms with E-state index in [0.29, 0.717) is 25.7 Å². The van der Waals surface area contributed by atoms with E-state index in [0.717, 1.165) is 6.42 Å². The molecule has 1 atom stereocenters. The van der Waals surface area contributed by atoms with E-state index in [1.165, 1.54) is 0 Å². The molecule has 0 aliphatic heterocycles. The molecule has 0 aromatic heterocycles. The topological polar surface area (TPSA) is 106 Å². The van der Waals surface area contributed by atoms with Crippen molar-refractivity contribution in [2.75, 3.05) is 13.2 Å². The van der Waals surface area contributed by atoms with E-state index in [1.54, 1.807) is 0 Å². The Bertz CT molecular complexity index is 213. The minimum atomic E-state index is -2.77. The monoisotopic (exact) mass is 279 g/mol. The number of hydrogen-bond acceptors (Lipinski definition) is 6. The van der Waals surface area contributed by atoms with Gasteiger partial charge in [0, 0.05) is 19.3 Å². The lowest BCUT2D eigenvalue weighted by Gasteiger charge is -2.37. The molecule has 0 aromatic rings. The van der Waals surface area contributed by atoms with Gasteiger partial charge in [-0.2, -0.15) is 0 Å². The van der Waals surface area contributed by atoms with Crippen LogP contribution in [-0.2, 0) is 13.3 Å². The smallest absolute Gasteiger partial charge is 0.374 e. The average molecular weight is 279 g/mol. The zero-order chi connectivity index (χ0) is 14.2. The number of rotatable bonds is 10. The minimum Gasteiger partial charge on any atom is -0.374 e. The molecular weight excluding hydrogens is 250 g/mol. The van der Waals surface area contributed by atoms with Crippen molar-refractivity contribution in [2.45, 2.75) is 58.5 Å². The van der Waals surface area contributed by atoms with Gasteiger partial charge in [0.05, 0.1) is 0 Å². The Kier molecular flexibility index (Phi) is 8.20. The molecule has 0 spiro atoms. The molecule has 0 radical (unpaired) electrons. The van der Waals surface area contributed by atoms with Crippen molar-refractivity contribution in [1.82, 2.24) is 0 Å². The molecule has 0 aromatic carbocycles. The first-order chi connectivity index (χ1) is 8.37. The molecule has 18 heavy (non-hydrogen) atoms. The van der Waals surface area contributed by atoms with Crippen LogP contribution in [0.3, 0.4) is 0 Å². The first-order valence-corrected chi connectivity index (χ1v) is 8.59. The molecule has 6 nitrogen and oxygen atoms in total. The summed E-state index contributed by atoms with van der Waals surface area (Å²) in [5.74, 6) is 0. The standard InChI is InChI=1S/C11H29N3O3Si/c1-5-9-18(15-7-3,16-8-4)17-10(12)11(13,14)6-2/h10H,5-9,12-14H2,1-4H3. The zero-order valence-corrected chi connectivity index (χ0v) is 13.1. The quantitative estimate of drug-likeness (QED) is 0.402. The van der Waals surface area contributed by atoms with Gasteiger partial charge in [0.2, 0.25) is 0 Å². The largest absolute Gasteiger partial charge is 0.502 e. The molecule has 0 bridgehead atoms. The Balaban J connectivity index is 4.84. The third-order valence-electron chi connectivity index (χ3n) is 2.73. The van der Waals surface area contributed by atoms with E-state index in [2.05, 4.69) is 0 Å². The van der Waals surface area contributed by atoms with Crippen molar-refractivity contribution in [3.8, 4) is 0 Å². The van der Waals surface area contributed by atoms with Crippen LogP contribution in [0.4, 0.5) is 0 Å². The van der Waals surface area contributed by atoms with Gasteiger partial charge in [0.1, 0.15) is 11.9 Å². The minimum absolute atomic E-state index is 0.517. The summed E-state index contributed by atoms with van der Waals surface area (Å²) in [4.78, 5) is 0. The lowest BCUT2D eigenvalue weighted by molar-refractivity contribution is 0.00265. The van der Waals surface area contributed by atoms with Crippen molar-refractivity contribution in [1.29, 1.82) is 0 Å². The molecule has 110 valence electrons. The Labute approximate surface area is 111 Å². The van der Waals surface area contributed by atoms with Gasteiger partial charge >= 0.3 is 8.80 Å². The number of nitrogens with two attached hydrogens (primary N) is 3. The molecule has 7 heteroatoms. The van der Waals surface area contributed by atoms with Crippen molar-refractivity contribution >= 4 is 8.80 Å². The van der Waals surface area contributed by atoms with Crippen LogP contribution in [0.2, 0.25) is 6.04 Å². The highest BCUT2D eigenvalue weighted by molar-refractivity contribution is 6.60. The highest BCUT2D eigenvalue weighted by atomic mass is 28.4. The number of hydrogen-bond donors (Lipinski definition) is 3. The van der Waals surface area contributed by atoms with Gasteiger partial charge in [0.25, 0.3) is 0 Å². The van der Waals surface area contributed by atoms with Crippen molar-refractivity contribution in [3.05, 3.63) is 0 Å². The molecule has 0 heterocycles. The fraction of sp³-hybridized carbons (Fsp3) is 1.00. The Morgan fingerprint density at radius 3 is 1.89 bits per heavy atom. The second-order valence-electron chi connectivity index (χ2n) is 4.30. The summed E-state index contributed by atoms with van der Waals surface area (Å²) < 4.78 is 17.3. The van der Waals surface area contributed by atoms with E-state index in [1.807, 2.05) is 27.7 Å². The van der Waals surface area contributed by atoms with Crippen LogP contribution in [0.5, 0.6) is 0 Å². The summed E-state index contributed by atoms with van der Waals surface area (Å²) in [6.45, 7) is 8.77. The first-order valence-electron chi connectivity index (χ1n) is 6.66. The Hall–Kier alpha value is -0.0231. The van der Waals surface area contributed by atoms with Gasteiger partial charge in [0.15, 0.2) is 0 Å². The van der Waals surface area contributed by atoms with Crippen LogP contribution >= 0.6 is 0 Å². The van der Waals surface area contributed by atoms with Crippen LogP contribution in [0, 0.1) is 0 Å². The second kappa shape index (κ2) is 8.21. The molecule has 0 saturated heterocycles. The van der Waals surface area contributed by atoms with E-state index >= 15 is 0 Å². The van der Waals surface area contributed by atoms with E-state index in [-0.39, 0.29) is 0 Å². The van der Waals surface area contributed by atoms with Gasteiger partial charge in [-0.3, -0.25) is 0 Å². The molecule has 0 saturated carbocycles. The van der Waals surface area contributed by atoms with Crippen molar-refractivity contribution in [2.24, 2.45) is 17.2 Å². The summed E-state index contributed by atoms with van der Waals surface area (Å²) in [5.41, 5.74) is 16.7. The third-order valence-corrected chi connectivity index (χ3v) is 5.92. The van der Waals surface area contributed by atoms with Crippen LogP contribution < -0.4 is 17.2 Å². The third kappa shape index (κ3) is 5.31. The van der Waals surface area contributed by atoms with Crippen molar-refractivity contribution in [3.63, 3.8) is 0 Å². The van der Waals surface area contributed by atoms with E-state index in [4.69, 9.17) is 30.5 Å². The molecular formula is C11H29N3O3Si. The molecule has 0 fully saturated rings. The maximum absolute atomic E-state index is 5.94. The Morgan fingerprint density at radius 2 is 1.56 bits per heavy atom. The predicted octanol–water partition coefficient (Wildman–Crippen LogP) is 0.733. The van der Waals surface area contributed by atoms with Crippen molar-refractivity contribution < 1.29 is 13.3 Å². The molecule has 1 unspecified atom stereocenters. The van der Waals surface area contributed by atoms with Crippen LogP contribution in [0.25, 0.3) is 0 Å². The first kappa shape index (κ1) is 18.0. The zero-order valence-electron chi connectivity index (χ0n) is 12.1. The lowest BCUT2D eigenvalue weighted by atomic mass is 10.1. The lowest BCUT2D eigenvalue weighted by Crippen LogP contribution is -2.66. The highest BCUT2D eigenvalue weighted by Gasteiger charge is 2.44. The second-order valence-corrected chi connectivity index (χ2v) is 6.98. The fourth-order valence-corrected chi connectivity index (χ4v) is 4.29. The summed E-state index contributed by atoms with van der Waals surface area (Å²) in [6, 6.07) is 0.710. The fourth-order valence-electron chi connectivity index (χ4n) is 1.56. The highest BCUT2D eigenvalue weighted by Crippen LogP contribution is 2.21. The Morgan fingerprint density at radius 1 is 1.06 bits per heavy atom. The molecule has 6 N–H and O–H groups in total.